The average molecular weight is 381 g/mol. The van der Waals surface area contributed by atoms with Crippen LogP contribution in [0.15, 0.2) is 54.6 Å². The van der Waals surface area contributed by atoms with Gasteiger partial charge in [-0.3, -0.25) is 9.59 Å². The van der Waals surface area contributed by atoms with Crippen LogP contribution < -0.4 is 4.90 Å². The van der Waals surface area contributed by atoms with Gasteiger partial charge >= 0.3 is 5.97 Å². The van der Waals surface area contributed by atoms with Gasteiger partial charge in [0.1, 0.15) is 11.7 Å². The van der Waals surface area contributed by atoms with Gasteiger partial charge in [-0.05, 0) is 60.4 Å². The third kappa shape index (κ3) is 4.14. The molecule has 0 saturated heterocycles. The summed E-state index contributed by atoms with van der Waals surface area (Å²) in [5, 5.41) is 0. The molecule has 0 radical (unpaired) electrons. The Morgan fingerprint density at radius 2 is 1.89 bits per heavy atom. The number of carbonyl (C=O) groups is 2. The number of halogens is 1. The summed E-state index contributed by atoms with van der Waals surface area (Å²) in [6.45, 7) is 1.92. The molecule has 0 heterocycles. The van der Waals surface area contributed by atoms with Gasteiger partial charge in [0.2, 0.25) is 0 Å². The highest BCUT2D eigenvalue weighted by Crippen LogP contribution is 2.40. The van der Waals surface area contributed by atoms with Crippen molar-refractivity contribution in [3.63, 3.8) is 0 Å². The van der Waals surface area contributed by atoms with Gasteiger partial charge in [0.05, 0.1) is 6.61 Å². The topological polar surface area (TPSA) is 46.6 Å². The highest BCUT2D eigenvalue weighted by atomic mass is 19.1. The van der Waals surface area contributed by atoms with Crippen LogP contribution in [0.4, 0.5) is 10.1 Å². The fourth-order valence-electron chi connectivity index (χ4n) is 3.59. The predicted molar refractivity (Wildman–Crippen MR) is 108 cm³/mol. The van der Waals surface area contributed by atoms with E-state index in [1.54, 1.807) is 25.1 Å². The Balaban J connectivity index is 2.02. The molecule has 2 atom stereocenters. The predicted octanol–water partition coefficient (Wildman–Crippen LogP) is 4.21. The molecule has 0 bridgehead atoms. The van der Waals surface area contributed by atoms with Crippen molar-refractivity contribution in [2.24, 2.45) is 5.92 Å². The van der Waals surface area contributed by atoms with E-state index in [1.807, 2.05) is 43.3 Å². The van der Waals surface area contributed by atoms with Crippen LogP contribution in [-0.2, 0) is 14.3 Å². The SMILES string of the molecule is CCOC(=O)C1C(=O)C=C(c2cccc(N(C)C)c2)CC1c1ccc(F)cc1. The molecule has 2 aromatic rings. The number of hydrogen-bond donors (Lipinski definition) is 0. The van der Waals surface area contributed by atoms with Gasteiger partial charge in [-0.15, -0.1) is 0 Å². The Bertz CT molecular complexity index is 902. The van der Waals surface area contributed by atoms with E-state index in [9.17, 15) is 14.0 Å². The highest BCUT2D eigenvalue weighted by molar-refractivity contribution is 6.10. The van der Waals surface area contributed by atoms with Crippen LogP contribution in [0.25, 0.3) is 5.57 Å². The number of ether oxygens (including phenoxy) is 1. The van der Waals surface area contributed by atoms with Crippen molar-refractivity contribution in [3.8, 4) is 0 Å². The number of benzene rings is 2. The van der Waals surface area contributed by atoms with E-state index < -0.39 is 17.8 Å². The van der Waals surface area contributed by atoms with Crippen molar-refractivity contribution in [2.75, 3.05) is 25.6 Å². The fourth-order valence-corrected chi connectivity index (χ4v) is 3.59. The first kappa shape index (κ1) is 19.8. The Hall–Kier alpha value is -2.95. The molecule has 28 heavy (non-hydrogen) atoms. The quantitative estimate of drug-likeness (QED) is 0.575. The van der Waals surface area contributed by atoms with Crippen LogP contribution >= 0.6 is 0 Å². The molecule has 0 spiro atoms. The second-order valence-electron chi connectivity index (χ2n) is 7.11. The summed E-state index contributed by atoms with van der Waals surface area (Å²) >= 11 is 0. The molecule has 146 valence electrons. The number of ketones is 1. The molecular weight excluding hydrogens is 357 g/mol. The van der Waals surface area contributed by atoms with Crippen LogP contribution in [0.3, 0.4) is 0 Å². The summed E-state index contributed by atoms with van der Waals surface area (Å²) < 4.78 is 18.5. The van der Waals surface area contributed by atoms with Crippen LogP contribution in [0.5, 0.6) is 0 Å². The molecule has 5 heteroatoms. The Labute approximate surface area is 164 Å². The van der Waals surface area contributed by atoms with Crippen molar-refractivity contribution in [1.82, 2.24) is 0 Å². The monoisotopic (exact) mass is 381 g/mol. The van der Waals surface area contributed by atoms with Crippen molar-refractivity contribution in [1.29, 1.82) is 0 Å². The molecule has 1 aliphatic rings. The lowest BCUT2D eigenvalue weighted by molar-refractivity contribution is -0.151. The number of rotatable bonds is 5. The lowest BCUT2D eigenvalue weighted by Gasteiger charge is -2.29. The number of nitrogens with zero attached hydrogens (tertiary/aromatic N) is 1. The van der Waals surface area contributed by atoms with E-state index >= 15 is 0 Å². The summed E-state index contributed by atoms with van der Waals surface area (Å²) in [6, 6.07) is 13.9. The number of hydrogen-bond acceptors (Lipinski definition) is 4. The molecule has 1 aliphatic carbocycles. The summed E-state index contributed by atoms with van der Waals surface area (Å²) in [7, 11) is 3.91. The zero-order valence-electron chi connectivity index (χ0n) is 16.3. The average Bonchev–Trinajstić information content (AvgIpc) is 2.68. The molecule has 0 N–H and O–H groups in total. The minimum Gasteiger partial charge on any atom is -0.465 e. The lowest BCUT2D eigenvalue weighted by atomic mass is 9.73. The fraction of sp³-hybridized carbons (Fsp3) is 0.304. The summed E-state index contributed by atoms with van der Waals surface area (Å²) in [5.41, 5.74) is 3.58. The van der Waals surface area contributed by atoms with Crippen LogP contribution in [-0.4, -0.2) is 32.5 Å². The van der Waals surface area contributed by atoms with Gasteiger partial charge in [-0.2, -0.15) is 0 Å². The standard InChI is InChI=1S/C23H24FNO3/c1-4-28-23(27)22-20(15-8-10-18(24)11-9-15)13-17(14-21(22)26)16-6-5-7-19(12-16)25(2)3/h5-12,14,20,22H,4,13H2,1-3H3. The second kappa shape index (κ2) is 8.38. The van der Waals surface area contributed by atoms with E-state index in [4.69, 9.17) is 4.74 Å². The van der Waals surface area contributed by atoms with Crippen LogP contribution in [0, 0.1) is 11.7 Å². The summed E-state index contributed by atoms with van der Waals surface area (Å²) in [4.78, 5) is 27.4. The first-order valence-electron chi connectivity index (χ1n) is 9.35. The maximum absolute atomic E-state index is 13.4. The van der Waals surface area contributed by atoms with E-state index in [0.29, 0.717) is 6.42 Å². The third-order valence-electron chi connectivity index (χ3n) is 5.04. The Morgan fingerprint density at radius 1 is 1.18 bits per heavy atom. The van der Waals surface area contributed by atoms with Crippen LogP contribution in [0.2, 0.25) is 0 Å². The second-order valence-corrected chi connectivity index (χ2v) is 7.11. The van der Waals surface area contributed by atoms with Gasteiger partial charge in [0, 0.05) is 25.7 Å². The number of anilines is 1. The smallest absolute Gasteiger partial charge is 0.317 e. The van der Waals surface area contributed by atoms with Crippen molar-refractivity contribution < 1.29 is 18.7 Å². The van der Waals surface area contributed by atoms with Gasteiger partial charge < -0.3 is 9.64 Å². The minimum atomic E-state index is -0.911. The molecule has 2 aromatic carbocycles. The zero-order chi connectivity index (χ0) is 20.3. The molecule has 0 fully saturated rings. The van der Waals surface area contributed by atoms with Crippen LogP contribution in [0.1, 0.15) is 30.4 Å². The molecule has 0 aromatic heterocycles. The zero-order valence-corrected chi connectivity index (χ0v) is 16.3. The normalized spacial score (nSPS) is 19.1. The first-order valence-corrected chi connectivity index (χ1v) is 9.35. The van der Waals surface area contributed by atoms with Gasteiger partial charge in [0.15, 0.2) is 5.78 Å². The lowest BCUT2D eigenvalue weighted by Crippen LogP contribution is -2.34. The van der Waals surface area contributed by atoms with Gasteiger partial charge in [-0.1, -0.05) is 24.3 Å². The molecule has 3 rings (SSSR count). The molecule has 0 aliphatic heterocycles. The van der Waals surface area contributed by atoms with Crippen molar-refractivity contribution >= 4 is 23.0 Å². The molecular formula is C23H24FNO3. The van der Waals surface area contributed by atoms with E-state index in [-0.39, 0.29) is 18.2 Å². The maximum Gasteiger partial charge on any atom is 0.317 e. The minimum absolute atomic E-state index is 0.209. The van der Waals surface area contributed by atoms with Gasteiger partial charge in [0.25, 0.3) is 0 Å². The number of allylic oxidation sites excluding steroid dienone is 2. The maximum atomic E-state index is 13.4. The molecule has 2 unspecified atom stereocenters. The molecule has 4 nitrogen and oxygen atoms in total. The van der Waals surface area contributed by atoms with Gasteiger partial charge in [-0.25, -0.2) is 4.39 Å². The van der Waals surface area contributed by atoms with Crippen molar-refractivity contribution in [3.05, 3.63) is 71.6 Å². The summed E-state index contributed by atoms with van der Waals surface area (Å²) in [6.07, 6.45) is 2.05. The molecule has 0 saturated carbocycles. The molecule has 0 amide bonds. The largest absolute Gasteiger partial charge is 0.465 e. The summed E-state index contributed by atoms with van der Waals surface area (Å²) in [5.74, 6) is -2.46. The third-order valence-corrected chi connectivity index (χ3v) is 5.04. The van der Waals surface area contributed by atoms with E-state index in [0.717, 1.165) is 22.4 Å². The first-order chi connectivity index (χ1) is 13.4. The number of carbonyl (C=O) groups excluding carboxylic acids is 2. The highest BCUT2D eigenvalue weighted by Gasteiger charge is 2.39. The van der Waals surface area contributed by atoms with E-state index in [2.05, 4.69) is 0 Å². The Morgan fingerprint density at radius 3 is 2.54 bits per heavy atom. The van der Waals surface area contributed by atoms with Crippen molar-refractivity contribution in [2.45, 2.75) is 19.3 Å². The Kier molecular flexibility index (Phi) is 5.93. The van der Waals surface area contributed by atoms with E-state index in [1.165, 1.54) is 12.1 Å². The number of esters is 1.